The minimum atomic E-state index is -0.625. The highest BCUT2D eigenvalue weighted by Gasteiger charge is 2.11. The Labute approximate surface area is 107 Å². The van der Waals surface area contributed by atoms with Gasteiger partial charge in [-0.25, -0.2) is 9.78 Å². The van der Waals surface area contributed by atoms with Crippen LogP contribution in [0.4, 0.5) is 10.9 Å². The summed E-state index contributed by atoms with van der Waals surface area (Å²) in [7, 11) is 0. The van der Waals surface area contributed by atoms with Crippen LogP contribution in [0.1, 0.15) is 17.3 Å². The summed E-state index contributed by atoms with van der Waals surface area (Å²) in [5.41, 5.74) is -0.503. The van der Waals surface area contributed by atoms with Gasteiger partial charge >= 0.3 is 5.97 Å². The second kappa shape index (κ2) is 5.46. The summed E-state index contributed by atoms with van der Waals surface area (Å²) in [6.45, 7) is 1.92. The van der Waals surface area contributed by atoms with Gasteiger partial charge in [-0.05, 0) is 19.1 Å². The van der Waals surface area contributed by atoms with Gasteiger partial charge < -0.3 is 15.0 Å². The molecule has 0 radical (unpaired) electrons. The first kappa shape index (κ1) is 12.3. The molecular formula is C11H11N3O3S. The topological polar surface area (TPSA) is 84.1 Å². The molecule has 0 saturated heterocycles. The second-order valence-electron chi connectivity index (χ2n) is 3.30. The normalized spacial score (nSPS) is 10.1. The first-order valence-electron chi connectivity index (χ1n) is 5.27. The van der Waals surface area contributed by atoms with Crippen molar-refractivity contribution < 1.29 is 9.53 Å². The highest BCUT2D eigenvalue weighted by molar-refractivity contribution is 7.13. The van der Waals surface area contributed by atoms with E-state index in [2.05, 4.69) is 15.3 Å². The van der Waals surface area contributed by atoms with Crippen molar-refractivity contribution >= 4 is 28.3 Å². The first-order chi connectivity index (χ1) is 8.70. The maximum Gasteiger partial charge on any atom is 0.343 e. The van der Waals surface area contributed by atoms with E-state index in [4.69, 9.17) is 4.74 Å². The van der Waals surface area contributed by atoms with Gasteiger partial charge in [0.15, 0.2) is 5.13 Å². The maximum absolute atomic E-state index is 11.7. The molecule has 2 aromatic heterocycles. The number of nitrogens with one attached hydrogen (secondary N) is 2. The molecule has 0 saturated carbocycles. The largest absolute Gasteiger partial charge is 0.462 e. The lowest BCUT2D eigenvalue weighted by atomic mass is 10.3. The molecule has 0 unspecified atom stereocenters. The minimum absolute atomic E-state index is 0.0125. The second-order valence-corrected chi connectivity index (χ2v) is 4.19. The van der Waals surface area contributed by atoms with E-state index in [-0.39, 0.29) is 12.2 Å². The molecule has 18 heavy (non-hydrogen) atoms. The van der Waals surface area contributed by atoms with Crippen molar-refractivity contribution in [1.82, 2.24) is 9.97 Å². The molecule has 94 valence electrons. The van der Waals surface area contributed by atoms with Crippen LogP contribution in [0, 0.1) is 0 Å². The molecule has 2 rings (SSSR count). The van der Waals surface area contributed by atoms with Crippen LogP contribution in [0.25, 0.3) is 0 Å². The molecular weight excluding hydrogens is 254 g/mol. The van der Waals surface area contributed by atoms with Crippen LogP contribution in [0.3, 0.4) is 0 Å². The maximum atomic E-state index is 11.7. The summed E-state index contributed by atoms with van der Waals surface area (Å²) >= 11 is 1.41. The molecule has 0 aliphatic carbocycles. The van der Waals surface area contributed by atoms with Crippen molar-refractivity contribution in [3.63, 3.8) is 0 Å². The Balaban J connectivity index is 2.20. The van der Waals surface area contributed by atoms with Crippen LogP contribution < -0.4 is 10.9 Å². The number of rotatable bonds is 4. The van der Waals surface area contributed by atoms with Crippen LogP contribution in [0.5, 0.6) is 0 Å². The van der Waals surface area contributed by atoms with Gasteiger partial charge in [-0.15, -0.1) is 11.3 Å². The van der Waals surface area contributed by atoms with E-state index in [9.17, 15) is 9.59 Å². The van der Waals surface area contributed by atoms with Gasteiger partial charge in [0.2, 0.25) is 0 Å². The molecule has 0 aromatic carbocycles. The monoisotopic (exact) mass is 265 g/mol. The lowest BCUT2D eigenvalue weighted by molar-refractivity contribution is 0.0524. The third-order valence-corrected chi connectivity index (χ3v) is 2.77. The van der Waals surface area contributed by atoms with E-state index in [0.29, 0.717) is 10.9 Å². The Bertz CT molecular complexity index is 592. The van der Waals surface area contributed by atoms with Gasteiger partial charge in [-0.1, -0.05) is 0 Å². The predicted molar refractivity (Wildman–Crippen MR) is 68.4 cm³/mol. The number of H-pyrrole nitrogens is 1. The van der Waals surface area contributed by atoms with Crippen molar-refractivity contribution in [1.29, 1.82) is 0 Å². The number of anilines is 2. The minimum Gasteiger partial charge on any atom is -0.462 e. The average molecular weight is 265 g/mol. The fraction of sp³-hybridized carbons (Fsp3) is 0.182. The quantitative estimate of drug-likeness (QED) is 0.823. The summed E-state index contributed by atoms with van der Waals surface area (Å²) in [4.78, 5) is 29.7. The fourth-order valence-corrected chi connectivity index (χ4v) is 1.86. The number of carbonyl (C=O) groups is 1. The van der Waals surface area contributed by atoms with Crippen molar-refractivity contribution in [2.75, 3.05) is 11.9 Å². The SMILES string of the molecule is CCOC(=O)c1ccc(Nc2nccs2)[nH]c1=O. The van der Waals surface area contributed by atoms with Crippen molar-refractivity contribution in [2.45, 2.75) is 6.92 Å². The Morgan fingerprint density at radius 1 is 1.56 bits per heavy atom. The average Bonchev–Trinajstić information content (AvgIpc) is 2.82. The molecule has 0 aliphatic heterocycles. The molecule has 0 aliphatic rings. The molecule has 2 heterocycles. The zero-order valence-electron chi connectivity index (χ0n) is 9.60. The Hall–Kier alpha value is -2.15. The Kier molecular flexibility index (Phi) is 3.73. The van der Waals surface area contributed by atoms with Crippen LogP contribution in [-0.4, -0.2) is 22.5 Å². The summed E-state index contributed by atoms with van der Waals surface area (Å²) in [6, 6.07) is 3.02. The van der Waals surface area contributed by atoms with Crippen LogP contribution in [0.2, 0.25) is 0 Å². The smallest absolute Gasteiger partial charge is 0.343 e. The molecule has 0 fully saturated rings. The number of pyridine rings is 1. The van der Waals surface area contributed by atoms with Crippen LogP contribution in [-0.2, 0) is 4.74 Å². The van der Waals surface area contributed by atoms with Crippen molar-refractivity contribution in [3.8, 4) is 0 Å². The number of nitrogens with zero attached hydrogens (tertiary/aromatic N) is 1. The van der Waals surface area contributed by atoms with E-state index in [1.54, 1.807) is 19.2 Å². The molecule has 0 atom stereocenters. The van der Waals surface area contributed by atoms with Gasteiger partial charge in [-0.2, -0.15) is 0 Å². The summed E-state index contributed by atoms with van der Waals surface area (Å²) in [5, 5.41) is 5.40. The number of esters is 1. The molecule has 0 amide bonds. The lowest BCUT2D eigenvalue weighted by Crippen LogP contribution is -2.20. The standard InChI is InChI=1S/C11H11N3O3S/c1-2-17-10(16)7-3-4-8(13-9(7)15)14-11-12-5-6-18-11/h3-6H,2H2,1H3,(H2,12,13,14,15). The molecule has 6 nitrogen and oxygen atoms in total. The number of hydrogen-bond acceptors (Lipinski definition) is 6. The van der Waals surface area contributed by atoms with Crippen LogP contribution in [0.15, 0.2) is 28.5 Å². The van der Waals surface area contributed by atoms with Crippen molar-refractivity contribution in [2.24, 2.45) is 0 Å². The third kappa shape index (κ3) is 2.75. The van der Waals surface area contributed by atoms with Gasteiger partial charge in [-0.3, -0.25) is 4.79 Å². The molecule has 0 spiro atoms. The van der Waals surface area contributed by atoms with Crippen molar-refractivity contribution in [3.05, 3.63) is 39.6 Å². The highest BCUT2D eigenvalue weighted by atomic mass is 32.1. The van der Waals surface area contributed by atoms with E-state index < -0.39 is 11.5 Å². The number of aromatic nitrogens is 2. The third-order valence-electron chi connectivity index (χ3n) is 2.08. The van der Waals surface area contributed by atoms with Gasteiger partial charge in [0, 0.05) is 11.6 Å². The number of ether oxygens (including phenoxy) is 1. The van der Waals surface area contributed by atoms with Gasteiger partial charge in [0.1, 0.15) is 11.4 Å². The zero-order chi connectivity index (χ0) is 13.0. The molecule has 7 heteroatoms. The molecule has 2 N–H and O–H groups in total. The summed E-state index contributed by atoms with van der Waals surface area (Å²) in [6.07, 6.45) is 1.65. The number of thiazole rings is 1. The van der Waals surface area contributed by atoms with E-state index in [1.807, 2.05) is 5.38 Å². The Morgan fingerprint density at radius 3 is 3.00 bits per heavy atom. The van der Waals surface area contributed by atoms with Gasteiger partial charge in [0.05, 0.1) is 6.61 Å². The number of aromatic amines is 1. The first-order valence-corrected chi connectivity index (χ1v) is 6.15. The summed E-state index contributed by atoms with van der Waals surface area (Å²) in [5.74, 6) is -0.150. The van der Waals surface area contributed by atoms with E-state index in [0.717, 1.165) is 0 Å². The molecule has 2 aromatic rings. The lowest BCUT2D eigenvalue weighted by Gasteiger charge is -2.04. The molecule has 0 bridgehead atoms. The van der Waals surface area contributed by atoms with Gasteiger partial charge in [0.25, 0.3) is 5.56 Å². The summed E-state index contributed by atoms with van der Waals surface area (Å²) < 4.78 is 4.76. The van der Waals surface area contributed by atoms with E-state index >= 15 is 0 Å². The Morgan fingerprint density at radius 2 is 2.39 bits per heavy atom. The van der Waals surface area contributed by atoms with Crippen LogP contribution >= 0.6 is 11.3 Å². The number of hydrogen-bond donors (Lipinski definition) is 2. The van der Waals surface area contributed by atoms with E-state index in [1.165, 1.54) is 17.4 Å². The fourth-order valence-electron chi connectivity index (χ4n) is 1.32. The predicted octanol–water partition coefficient (Wildman–Crippen LogP) is 1.75. The highest BCUT2D eigenvalue weighted by Crippen LogP contribution is 2.15. The zero-order valence-corrected chi connectivity index (χ0v) is 10.4. The number of carbonyl (C=O) groups excluding carboxylic acids is 1.